The van der Waals surface area contributed by atoms with Crippen LogP contribution in [-0.2, 0) is 17.7 Å². The van der Waals surface area contributed by atoms with Crippen molar-refractivity contribution in [2.75, 3.05) is 26.4 Å². The average molecular weight is 180 g/mol. The van der Waals surface area contributed by atoms with Gasteiger partial charge in [-0.05, 0) is 0 Å². The van der Waals surface area contributed by atoms with Crippen molar-refractivity contribution in [1.29, 1.82) is 0 Å². The molecule has 1 fully saturated rings. The summed E-state index contributed by atoms with van der Waals surface area (Å²) in [6, 6.07) is 0. The van der Waals surface area contributed by atoms with E-state index in [0.29, 0.717) is 26.4 Å². The standard InChI is InChI=1S/C4H12O4Si2/c1-2-6-10-8-4-3-7-9-5-1/h1-4,9-10H2. The van der Waals surface area contributed by atoms with Gasteiger partial charge in [-0.3, -0.25) is 0 Å². The van der Waals surface area contributed by atoms with Gasteiger partial charge in [0.2, 0.25) is 0 Å². The highest BCUT2D eigenvalue weighted by Gasteiger charge is 1.95. The molecule has 0 bridgehead atoms. The third-order valence-electron chi connectivity index (χ3n) is 1.08. The SMILES string of the molecule is C1CO[SiH2]OCCO[SiH2]O1. The highest BCUT2D eigenvalue weighted by atomic mass is 28.3. The van der Waals surface area contributed by atoms with Crippen molar-refractivity contribution in [1.82, 2.24) is 0 Å². The van der Waals surface area contributed by atoms with Crippen LogP contribution in [0.1, 0.15) is 0 Å². The first kappa shape index (κ1) is 8.37. The van der Waals surface area contributed by atoms with E-state index in [-0.39, 0.29) is 0 Å². The van der Waals surface area contributed by atoms with Crippen molar-refractivity contribution in [2.24, 2.45) is 0 Å². The van der Waals surface area contributed by atoms with E-state index in [1.54, 1.807) is 0 Å². The van der Waals surface area contributed by atoms with E-state index in [9.17, 15) is 0 Å². The van der Waals surface area contributed by atoms with E-state index in [1.165, 1.54) is 0 Å². The van der Waals surface area contributed by atoms with Gasteiger partial charge < -0.3 is 17.7 Å². The van der Waals surface area contributed by atoms with Crippen LogP contribution < -0.4 is 0 Å². The molecule has 0 N–H and O–H groups in total. The zero-order chi connectivity index (χ0) is 7.07. The van der Waals surface area contributed by atoms with E-state index in [0.717, 1.165) is 0 Å². The molecule has 0 saturated carbocycles. The average Bonchev–Trinajstić information content (AvgIpc) is 2.01. The minimum atomic E-state index is -0.731. The highest BCUT2D eigenvalue weighted by molar-refractivity contribution is 6.18. The fourth-order valence-corrected chi connectivity index (χ4v) is 1.77. The largest absolute Gasteiger partial charge is 0.396 e. The van der Waals surface area contributed by atoms with Crippen LogP contribution in [0.25, 0.3) is 0 Å². The number of rotatable bonds is 0. The lowest BCUT2D eigenvalue weighted by atomic mass is 10.8. The summed E-state index contributed by atoms with van der Waals surface area (Å²) in [5.41, 5.74) is 0. The van der Waals surface area contributed by atoms with Gasteiger partial charge >= 0.3 is 20.0 Å². The normalized spacial score (nSPS) is 28.8. The van der Waals surface area contributed by atoms with Gasteiger partial charge in [0.05, 0.1) is 26.4 Å². The molecule has 0 amide bonds. The molecule has 0 aliphatic carbocycles. The molecule has 1 aliphatic heterocycles. The Bertz CT molecular complexity index is 48.4. The maximum Gasteiger partial charge on any atom is 0.304 e. The predicted molar refractivity (Wildman–Crippen MR) is 40.9 cm³/mol. The quantitative estimate of drug-likeness (QED) is 0.407. The van der Waals surface area contributed by atoms with Crippen LogP contribution in [0.3, 0.4) is 0 Å². The minimum Gasteiger partial charge on any atom is -0.396 e. The van der Waals surface area contributed by atoms with Gasteiger partial charge in [0.1, 0.15) is 0 Å². The zero-order valence-electron chi connectivity index (χ0n) is 5.88. The first-order valence-electron chi connectivity index (χ1n) is 3.31. The summed E-state index contributed by atoms with van der Waals surface area (Å²) >= 11 is 0. The van der Waals surface area contributed by atoms with Crippen molar-refractivity contribution >= 4 is 20.0 Å². The Balaban J connectivity index is 2.00. The Morgan fingerprint density at radius 1 is 0.600 bits per heavy atom. The maximum absolute atomic E-state index is 5.17. The molecule has 1 heterocycles. The first-order chi connectivity index (χ1) is 5.00. The van der Waals surface area contributed by atoms with Crippen molar-refractivity contribution < 1.29 is 17.7 Å². The van der Waals surface area contributed by atoms with Gasteiger partial charge in [0.25, 0.3) is 0 Å². The Kier molecular flexibility index (Phi) is 5.03. The molecule has 1 rings (SSSR count). The van der Waals surface area contributed by atoms with Gasteiger partial charge in [-0.15, -0.1) is 0 Å². The van der Waals surface area contributed by atoms with Gasteiger partial charge in [-0.25, -0.2) is 0 Å². The Hall–Kier alpha value is 0.274. The van der Waals surface area contributed by atoms with E-state index in [2.05, 4.69) is 0 Å². The lowest BCUT2D eigenvalue weighted by molar-refractivity contribution is 0.119. The summed E-state index contributed by atoms with van der Waals surface area (Å²) in [5.74, 6) is 0. The highest BCUT2D eigenvalue weighted by Crippen LogP contribution is 1.83. The lowest BCUT2D eigenvalue weighted by Crippen LogP contribution is -2.19. The molecule has 4 nitrogen and oxygen atoms in total. The molecule has 6 heteroatoms. The smallest absolute Gasteiger partial charge is 0.304 e. The molecule has 0 unspecified atom stereocenters. The molecule has 60 valence electrons. The van der Waals surface area contributed by atoms with Crippen LogP contribution in [-0.4, -0.2) is 46.4 Å². The molecule has 10 heavy (non-hydrogen) atoms. The van der Waals surface area contributed by atoms with Crippen LogP contribution in [0.4, 0.5) is 0 Å². The molecule has 0 radical (unpaired) electrons. The van der Waals surface area contributed by atoms with Crippen molar-refractivity contribution in [2.45, 2.75) is 0 Å². The molecular weight excluding hydrogens is 168 g/mol. The van der Waals surface area contributed by atoms with Crippen LogP contribution in [0.2, 0.25) is 0 Å². The monoisotopic (exact) mass is 180 g/mol. The molecule has 0 aromatic heterocycles. The summed E-state index contributed by atoms with van der Waals surface area (Å²) in [5, 5.41) is 0. The summed E-state index contributed by atoms with van der Waals surface area (Å²) < 4.78 is 20.7. The van der Waals surface area contributed by atoms with E-state index < -0.39 is 20.0 Å². The van der Waals surface area contributed by atoms with Gasteiger partial charge in [-0.2, -0.15) is 0 Å². The third kappa shape index (κ3) is 4.15. The van der Waals surface area contributed by atoms with Crippen molar-refractivity contribution in [3.8, 4) is 0 Å². The lowest BCUT2D eigenvalue weighted by Gasteiger charge is -2.10. The second kappa shape index (κ2) is 6.01. The second-order valence-corrected chi connectivity index (χ2v) is 3.97. The van der Waals surface area contributed by atoms with Crippen LogP contribution >= 0.6 is 0 Å². The van der Waals surface area contributed by atoms with Gasteiger partial charge in [-0.1, -0.05) is 0 Å². The molecule has 0 atom stereocenters. The summed E-state index contributed by atoms with van der Waals surface area (Å²) in [4.78, 5) is 0. The molecule has 1 aliphatic rings. The Labute approximate surface area is 64.9 Å². The topological polar surface area (TPSA) is 36.9 Å². The molecular formula is C4H12O4Si2. The van der Waals surface area contributed by atoms with Crippen molar-refractivity contribution in [3.63, 3.8) is 0 Å². The van der Waals surface area contributed by atoms with Crippen LogP contribution in [0, 0.1) is 0 Å². The predicted octanol–water partition coefficient (Wildman–Crippen LogP) is -1.94. The number of hydrogen-bond acceptors (Lipinski definition) is 4. The van der Waals surface area contributed by atoms with Crippen LogP contribution in [0.15, 0.2) is 0 Å². The van der Waals surface area contributed by atoms with Gasteiger partial charge in [0, 0.05) is 0 Å². The Morgan fingerprint density at radius 3 is 1.20 bits per heavy atom. The zero-order valence-corrected chi connectivity index (χ0v) is 8.70. The third-order valence-corrected chi connectivity index (χ3v) is 2.90. The number of hydrogen-bond donors (Lipinski definition) is 0. The first-order valence-corrected chi connectivity index (χ1v) is 5.62. The maximum atomic E-state index is 5.17. The molecule has 0 aromatic rings. The fourth-order valence-electron chi connectivity index (χ4n) is 0.589. The van der Waals surface area contributed by atoms with Gasteiger partial charge in [0.15, 0.2) is 0 Å². The second-order valence-electron chi connectivity index (χ2n) is 1.87. The molecule has 0 spiro atoms. The molecule has 1 saturated heterocycles. The van der Waals surface area contributed by atoms with Crippen LogP contribution in [0.5, 0.6) is 0 Å². The van der Waals surface area contributed by atoms with E-state index in [4.69, 9.17) is 17.7 Å². The Morgan fingerprint density at radius 2 is 0.900 bits per heavy atom. The van der Waals surface area contributed by atoms with E-state index in [1.807, 2.05) is 0 Å². The minimum absolute atomic E-state index is 0.669. The fraction of sp³-hybridized carbons (Fsp3) is 1.00. The van der Waals surface area contributed by atoms with E-state index >= 15 is 0 Å². The molecule has 0 aromatic carbocycles. The summed E-state index contributed by atoms with van der Waals surface area (Å²) in [7, 11) is -1.46. The van der Waals surface area contributed by atoms with Crippen molar-refractivity contribution in [3.05, 3.63) is 0 Å². The summed E-state index contributed by atoms with van der Waals surface area (Å²) in [6.45, 7) is 2.68. The summed E-state index contributed by atoms with van der Waals surface area (Å²) in [6.07, 6.45) is 0.